The molecular weight excluding hydrogens is 437 g/mol. The molecule has 1 aliphatic heterocycles. The molecule has 0 bridgehead atoms. The van der Waals surface area contributed by atoms with Gasteiger partial charge in [-0.05, 0) is 50.2 Å². The average Bonchev–Trinajstić information content (AvgIpc) is 3.28. The van der Waals surface area contributed by atoms with Crippen molar-refractivity contribution in [3.63, 3.8) is 0 Å². The van der Waals surface area contributed by atoms with Gasteiger partial charge in [0.1, 0.15) is 23.4 Å². The number of ether oxygens (including phenoxy) is 2. The summed E-state index contributed by atoms with van der Waals surface area (Å²) in [6.45, 7) is 3.90. The highest BCUT2D eigenvalue weighted by Crippen LogP contribution is 2.40. The van der Waals surface area contributed by atoms with Gasteiger partial charge in [-0.2, -0.15) is 0 Å². The van der Waals surface area contributed by atoms with Crippen molar-refractivity contribution < 1.29 is 23.5 Å². The van der Waals surface area contributed by atoms with Crippen LogP contribution in [0.3, 0.4) is 0 Å². The minimum Gasteiger partial charge on any atom is -0.497 e. The van der Waals surface area contributed by atoms with Crippen LogP contribution in [0.2, 0.25) is 0 Å². The van der Waals surface area contributed by atoms with Crippen LogP contribution in [0.1, 0.15) is 40.2 Å². The predicted octanol–water partition coefficient (Wildman–Crippen LogP) is 3.99. The molecule has 2 aromatic carbocycles. The molecule has 0 aliphatic carbocycles. The normalized spacial score (nSPS) is 14.3. The molecule has 0 fully saturated rings. The lowest BCUT2D eigenvalue weighted by Crippen LogP contribution is -2.34. The third kappa shape index (κ3) is 5.06. The van der Waals surface area contributed by atoms with Gasteiger partial charge >= 0.3 is 0 Å². The number of Topliss-reactive ketones (excluding diaryl/α,β-unsaturated/α-hetero) is 1. The monoisotopic (exact) mass is 463 g/mol. The molecule has 34 heavy (non-hydrogen) atoms. The molecule has 0 unspecified atom stereocenters. The SMILES string of the molecule is COc1ccc(C(=O)CCC(=O)NC[C@@H]2Cc3c(F)ccc(-c4nc(C)cnc4C)c3O2)cc1. The number of aromatic nitrogens is 2. The predicted molar refractivity (Wildman–Crippen MR) is 125 cm³/mol. The van der Waals surface area contributed by atoms with E-state index in [1.807, 2.05) is 13.8 Å². The first-order valence-electron chi connectivity index (χ1n) is 11.1. The Morgan fingerprint density at radius 3 is 2.65 bits per heavy atom. The van der Waals surface area contributed by atoms with Gasteiger partial charge in [0.2, 0.25) is 5.91 Å². The van der Waals surface area contributed by atoms with Crippen molar-refractivity contribution in [2.75, 3.05) is 13.7 Å². The molecule has 1 aromatic heterocycles. The number of halogens is 1. The summed E-state index contributed by atoms with van der Waals surface area (Å²) in [6.07, 6.45) is 1.75. The second-order valence-corrected chi connectivity index (χ2v) is 8.25. The maximum absolute atomic E-state index is 14.5. The smallest absolute Gasteiger partial charge is 0.220 e. The van der Waals surface area contributed by atoms with Crippen molar-refractivity contribution in [2.45, 2.75) is 39.2 Å². The van der Waals surface area contributed by atoms with Crippen LogP contribution in [0.15, 0.2) is 42.6 Å². The fourth-order valence-corrected chi connectivity index (χ4v) is 3.92. The van der Waals surface area contributed by atoms with Crippen LogP contribution in [-0.4, -0.2) is 41.4 Å². The van der Waals surface area contributed by atoms with Gasteiger partial charge in [-0.3, -0.25) is 14.6 Å². The van der Waals surface area contributed by atoms with E-state index in [2.05, 4.69) is 15.3 Å². The van der Waals surface area contributed by atoms with E-state index >= 15 is 0 Å². The van der Waals surface area contributed by atoms with Gasteiger partial charge in [-0.15, -0.1) is 0 Å². The van der Waals surface area contributed by atoms with Crippen LogP contribution in [0.4, 0.5) is 4.39 Å². The number of hydrogen-bond acceptors (Lipinski definition) is 6. The summed E-state index contributed by atoms with van der Waals surface area (Å²) in [5.74, 6) is 0.370. The Bertz CT molecular complexity index is 1230. The second kappa shape index (κ2) is 9.99. The first-order valence-corrected chi connectivity index (χ1v) is 11.1. The average molecular weight is 464 g/mol. The largest absolute Gasteiger partial charge is 0.497 e. The molecule has 0 saturated carbocycles. The fourth-order valence-electron chi connectivity index (χ4n) is 3.92. The molecule has 3 aromatic rings. The molecule has 0 saturated heterocycles. The number of aryl methyl sites for hydroxylation is 2. The zero-order valence-electron chi connectivity index (χ0n) is 19.4. The van der Waals surface area contributed by atoms with Crippen LogP contribution in [0.25, 0.3) is 11.3 Å². The molecule has 4 rings (SSSR count). The fraction of sp³-hybridized carbons (Fsp3) is 0.308. The Kier molecular flexibility index (Phi) is 6.86. The molecule has 8 heteroatoms. The van der Waals surface area contributed by atoms with Crippen molar-refractivity contribution in [1.82, 2.24) is 15.3 Å². The van der Waals surface area contributed by atoms with Crippen LogP contribution in [-0.2, 0) is 11.2 Å². The maximum atomic E-state index is 14.5. The highest BCUT2D eigenvalue weighted by Gasteiger charge is 2.30. The van der Waals surface area contributed by atoms with Crippen LogP contribution in [0.5, 0.6) is 11.5 Å². The summed E-state index contributed by atoms with van der Waals surface area (Å²) >= 11 is 0. The summed E-state index contributed by atoms with van der Waals surface area (Å²) < 4.78 is 25.6. The quantitative estimate of drug-likeness (QED) is 0.508. The van der Waals surface area contributed by atoms with Gasteiger partial charge in [-0.1, -0.05) is 0 Å². The lowest BCUT2D eigenvalue weighted by atomic mass is 10.0. The lowest BCUT2D eigenvalue weighted by Gasteiger charge is -2.14. The summed E-state index contributed by atoms with van der Waals surface area (Å²) in [5, 5.41) is 2.80. The zero-order valence-corrected chi connectivity index (χ0v) is 19.4. The van der Waals surface area contributed by atoms with Crippen molar-refractivity contribution in [3.8, 4) is 22.8 Å². The van der Waals surface area contributed by atoms with E-state index in [-0.39, 0.29) is 36.9 Å². The number of hydrogen-bond donors (Lipinski definition) is 1. The van der Waals surface area contributed by atoms with E-state index in [4.69, 9.17) is 9.47 Å². The van der Waals surface area contributed by atoms with Crippen LogP contribution < -0.4 is 14.8 Å². The number of rotatable bonds is 8. The number of carbonyl (C=O) groups excluding carboxylic acids is 2. The number of carbonyl (C=O) groups is 2. The number of benzene rings is 2. The molecule has 0 radical (unpaired) electrons. The summed E-state index contributed by atoms with van der Waals surface area (Å²) in [7, 11) is 1.56. The molecule has 1 amide bonds. The number of nitrogens with zero attached hydrogens (tertiary/aromatic N) is 2. The number of amides is 1. The van der Waals surface area contributed by atoms with E-state index in [0.717, 1.165) is 11.4 Å². The van der Waals surface area contributed by atoms with Gasteiger partial charge in [0.05, 0.1) is 30.7 Å². The van der Waals surface area contributed by atoms with Gasteiger partial charge in [0, 0.05) is 42.1 Å². The third-order valence-corrected chi connectivity index (χ3v) is 5.77. The van der Waals surface area contributed by atoms with E-state index in [9.17, 15) is 14.0 Å². The van der Waals surface area contributed by atoms with Gasteiger partial charge in [-0.25, -0.2) is 9.37 Å². The van der Waals surface area contributed by atoms with E-state index in [1.54, 1.807) is 43.6 Å². The first kappa shape index (κ1) is 23.4. The summed E-state index contributed by atoms with van der Waals surface area (Å²) in [4.78, 5) is 33.5. The molecule has 176 valence electrons. The molecule has 7 nitrogen and oxygen atoms in total. The van der Waals surface area contributed by atoms with Crippen LogP contribution >= 0.6 is 0 Å². The topological polar surface area (TPSA) is 90.4 Å². The minimum absolute atomic E-state index is 0.0578. The number of fused-ring (bicyclic) bond motifs is 1. The van der Waals surface area contributed by atoms with Crippen LogP contribution in [0, 0.1) is 19.7 Å². The zero-order chi connectivity index (χ0) is 24.2. The van der Waals surface area contributed by atoms with Gasteiger partial charge in [0.15, 0.2) is 5.78 Å². The van der Waals surface area contributed by atoms with Crippen molar-refractivity contribution in [2.24, 2.45) is 0 Å². The standard InChI is InChI=1S/C26H26FN3O4/c1-15-13-28-16(2)25(30-15)20-8-9-22(27)21-12-19(34-26(20)21)14-29-24(32)11-10-23(31)17-4-6-18(33-3)7-5-17/h4-9,13,19H,10-12,14H2,1-3H3,(H,29,32)/t19-/m0/s1. The molecule has 0 spiro atoms. The Balaban J connectivity index is 1.35. The van der Waals surface area contributed by atoms with E-state index in [1.165, 1.54) is 6.07 Å². The molecule has 1 atom stereocenters. The van der Waals surface area contributed by atoms with Gasteiger partial charge in [0.25, 0.3) is 0 Å². The van der Waals surface area contributed by atoms with E-state index < -0.39 is 6.10 Å². The number of ketones is 1. The first-order chi connectivity index (χ1) is 16.4. The summed E-state index contributed by atoms with van der Waals surface area (Å²) in [6, 6.07) is 9.83. The van der Waals surface area contributed by atoms with Crippen molar-refractivity contribution in [3.05, 3.63) is 70.9 Å². The Labute approximate surface area is 197 Å². The van der Waals surface area contributed by atoms with Gasteiger partial charge < -0.3 is 14.8 Å². The molecular formula is C26H26FN3O4. The minimum atomic E-state index is -0.412. The molecule has 1 aliphatic rings. The Morgan fingerprint density at radius 2 is 1.91 bits per heavy atom. The molecule has 2 heterocycles. The third-order valence-electron chi connectivity index (χ3n) is 5.77. The Morgan fingerprint density at radius 1 is 1.15 bits per heavy atom. The number of methoxy groups -OCH3 is 1. The van der Waals surface area contributed by atoms with E-state index in [0.29, 0.717) is 40.3 Å². The number of nitrogens with one attached hydrogen (secondary N) is 1. The molecule has 1 N–H and O–H groups in total. The van der Waals surface area contributed by atoms with Crippen molar-refractivity contribution >= 4 is 11.7 Å². The summed E-state index contributed by atoms with van der Waals surface area (Å²) in [5.41, 5.74) is 3.81. The highest BCUT2D eigenvalue weighted by molar-refractivity contribution is 5.98. The van der Waals surface area contributed by atoms with Crippen molar-refractivity contribution in [1.29, 1.82) is 0 Å². The Hall–Kier alpha value is -3.81. The second-order valence-electron chi connectivity index (χ2n) is 8.25. The maximum Gasteiger partial charge on any atom is 0.220 e. The lowest BCUT2D eigenvalue weighted by molar-refractivity contribution is -0.121. The highest BCUT2D eigenvalue weighted by atomic mass is 19.1.